The topological polar surface area (TPSA) is 71.3 Å². The lowest BCUT2D eigenvalue weighted by atomic mass is 10.3. The summed E-state index contributed by atoms with van der Waals surface area (Å²) in [6.07, 6.45) is 0. The molecule has 2 aromatic rings. The number of hydrogen-bond donors (Lipinski definition) is 2. The van der Waals surface area contributed by atoms with Crippen molar-refractivity contribution in [2.24, 2.45) is 0 Å². The zero-order valence-corrected chi connectivity index (χ0v) is 13.2. The molecule has 1 heterocycles. The van der Waals surface area contributed by atoms with Crippen molar-refractivity contribution in [3.05, 3.63) is 45.7 Å². The maximum Gasteiger partial charge on any atom is 0.273 e. The zero-order chi connectivity index (χ0) is 13.9. The van der Waals surface area contributed by atoms with E-state index in [1.54, 1.807) is 6.07 Å². The van der Waals surface area contributed by atoms with E-state index in [4.69, 9.17) is 4.42 Å². The van der Waals surface area contributed by atoms with Crippen LogP contribution in [0.3, 0.4) is 0 Å². The molecular weight excluding hydrogens is 379 g/mol. The maximum absolute atomic E-state index is 11.5. The molecule has 0 fully saturated rings. The fraction of sp³-hybridized carbons (Fsp3) is 0.167. The molecule has 0 aliphatic carbocycles. The standard InChI is InChI=1S/C12H13IN2O3S/c1-14-19(16,17)12-6-5-11(18-12)8-15-10-4-2-3-9(13)7-10/h2-7,14-15H,8H2,1H3. The van der Waals surface area contributed by atoms with Gasteiger partial charge in [-0.1, -0.05) is 6.07 Å². The molecular formula is C12H13IN2O3S. The van der Waals surface area contributed by atoms with Crippen molar-refractivity contribution in [3.63, 3.8) is 0 Å². The second kappa shape index (κ2) is 5.93. The third kappa shape index (κ3) is 3.71. The molecule has 19 heavy (non-hydrogen) atoms. The van der Waals surface area contributed by atoms with Gasteiger partial charge >= 0.3 is 0 Å². The normalized spacial score (nSPS) is 11.5. The van der Waals surface area contributed by atoms with E-state index in [0.29, 0.717) is 12.3 Å². The van der Waals surface area contributed by atoms with Gasteiger partial charge < -0.3 is 9.73 Å². The van der Waals surface area contributed by atoms with Crippen LogP contribution >= 0.6 is 22.6 Å². The Bertz CT molecular complexity index is 667. The number of hydrogen-bond acceptors (Lipinski definition) is 4. The second-order valence-corrected chi connectivity index (χ2v) is 6.86. The number of benzene rings is 1. The fourth-order valence-corrected chi connectivity index (χ4v) is 2.69. The van der Waals surface area contributed by atoms with Crippen molar-refractivity contribution in [3.8, 4) is 0 Å². The van der Waals surface area contributed by atoms with E-state index in [0.717, 1.165) is 9.26 Å². The van der Waals surface area contributed by atoms with Crippen LogP contribution < -0.4 is 10.0 Å². The summed E-state index contributed by atoms with van der Waals surface area (Å²) in [6, 6.07) is 11.0. The lowest BCUT2D eigenvalue weighted by Gasteiger charge is -2.04. The van der Waals surface area contributed by atoms with Crippen molar-refractivity contribution >= 4 is 38.3 Å². The summed E-state index contributed by atoms with van der Waals surface area (Å²) >= 11 is 2.23. The second-order valence-electron chi connectivity index (χ2n) is 3.79. The van der Waals surface area contributed by atoms with E-state index in [-0.39, 0.29) is 5.09 Å². The number of halogens is 1. The van der Waals surface area contributed by atoms with Gasteiger partial charge in [0.15, 0.2) is 0 Å². The van der Waals surface area contributed by atoms with Crippen molar-refractivity contribution in [1.29, 1.82) is 0 Å². The first kappa shape index (κ1) is 14.4. The van der Waals surface area contributed by atoms with Crippen LogP contribution in [0.15, 0.2) is 45.9 Å². The van der Waals surface area contributed by atoms with E-state index in [1.165, 1.54) is 13.1 Å². The van der Waals surface area contributed by atoms with Gasteiger partial charge in [0.25, 0.3) is 10.0 Å². The lowest BCUT2D eigenvalue weighted by Crippen LogP contribution is -2.17. The summed E-state index contributed by atoms with van der Waals surface area (Å²) in [5.41, 5.74) is 0.960. The molecule has 0 saturated carbocycles. The first-order chi connectivity index (χ1) is 9.01. The zero-order valence-electron chi connectivity index (χ0n) is 10.2. The van der Waals surface area contributed by atoms with Gasteiger partial charge in [-0.2, -0.15) is 0 Å². The van der Waals surface area contributed by atoms with Gasteiger partial charge in [0, 0.05) is 9.26 Å². The van der Waals surface area contributed by atoms with Crippen molar-refractivity contribution in [2.45, 2.75) is 11.6 Å². The fourth-order valence-electron chi connectivity index (χ4n) is 1.49. The van der Waals surface area contributed by atoms with Crippen LogP contribution in [0.1, 0.15) is 5.76 Å². The van der Waals surface area contributed by atoms with E-state index in [1.807, 2.05) is 24.3 Å². The molecule has 0 saturated heterocycles. The first-order valence-corrected chi connectivity index (χ1v) is 8.09. The molecule has 7 heteroatoms. The lowest BCUT2D eigenvalue weighted by molar-refractivity contribution is 0.417. The van der Waals surface area contributed by atoms with Crippen LogP contribution in [0.4, 0.5) is 5.69 Å². The van der Waals surface area contributed by atoms with E-state index in [9.17, 15) is 8.42 Å². The van der Waals surface area contributed by atoms with E-state index >= 15 is 0 Å². The van der Waals surface area contributed by atoms with Crippen LogP contribution in [-0.4, -0.2) is 15.5 Å². The van der Waals surface area contributed by atoms with Crippen molar-refractivity contribution < 1.29 is 12.8 Å². The van der Waals surface area contributed by atoms with Gasteiger partial charge in [0.1, 0.15) is 5.76 Å². The minimum atomic E-state index is -3.51. The summed E-state index contributed by atoms with van der Waals surface area (Å²) in [7, 11) is -2.16. The highest BCUT2D eigenvalue weighted by molar-refractivity contribution is 14.1. The Morgan fingerprint density at radius 1 is 1.26 bits per heavy atom. The number of furan rings is 1. The third-order valence-corrected chi connectivity index (χ3v) is 4.42. The number of rotatable bonds is 5. The number of anilines is 1. The summed E-state index contributed by atoms with van der Waals surface area (Å²) in [6.45, 7) is 0.430. The predicted octanol–water partition coefficient (Wildman–Crippen LogP) is 2.40. The van der Waals surface area contributed by atoms with Gasteiger partial charge in [-0.05, 0) is 60.0 Å². The molecule has 0 unspecified atom stereocenters. The highest BCUT2D eigenvalue weighted by Gasteiger charge is 2.15. The summed E-state index contributed by atoms with van der Waals surface area (Å²) < 4.78 is 31.6. The summed E-state index contributed by atoms with van der Waals surface area (Å²) in [5, 5.41) is 3.10. The highest BCUT2D eigenvalue weighted by atomic mass is 127. The molecule has 2 N–H and O–H groups in total. The van der Waals surface area contributed by atoms with Crippen molar-refractivity contribution in [2.75, 3.05) is 12.4 Å². The molecule has 0 amide bonds. The van der Waals surface area contributed by atoms with Crippen LogP contribution in [-0.2, 0) is 16.6 Å². The van der Waals surface area contributed by atoms with Crippen LogP contribution in [0.2, 0.25) is 0 Å². The minimum Gasteiger partial charge on any atom is -0.446 e. The molecule has 0 bridgehead atoms. The highest BCUT2D eigenvalue weighted by Crippen LogP contribution is 2.16. The van der Waals surface area contributed by atoms with Crippen LogP contribution in [0, 0.1) is 3.57 Å². The number of sulfonamides is 1. The SMILES string of the molecule is CNS(=O)(=O)c1ccc(CNc2cccc(I)c2)o1. The van der Waals surface area contributed by atoms with E-state index < -0.39 is 10.0 Å². The monoisotopic (exact) mass is 392 g/mol. The molecule has 1 aromatic heterocycles. The summed E-state index contributed by atoms with van der Waals surface area (Å²) in [4.78, 5) is 0. The predicted molar refractivity (Wildman–Crippen MR) is 81.4 cm³/mol. The molecule has 0 radical (unpaired) electrons. The molecule has 0 aliphatic rings. The molecule has 102 valence electrons. The van der Waals surface area contributed by atoms with Gasteiger partial charge in [-0.15, -0.1) is 0 Å². The quantitative estimate of drug-likeness (QED) is 0.767. The summed E-state index contributed by atoms with van der Waals surface area (Å²) in [5.74, 6) is 0.563. The minimum absolute atomic E-state index is 0.0746. The average molecular weight is 392 g/mol. The maximum atomic E-state index is 11.5. The Hall–Kier alpha value is -1.06. The van der Waals surface area contributed by atoms with Gasteiger partial charge in [-0.3, -0.25) is 0 Å². The Kier molecular flexibility index (Phi) is 4.48. The molecule has 5 nitrogen and oxygen atoms in total. The van der Waals surface area contributed by atoms with Gasteiger partial charge in [0.05, 0.1) is 6.54 Å². The molecule has 2 rings (SSSR count). The number of nitrogens with one attached hydrogen (secondary N) is 2. The smallest absolute Gasteiger partial charge is 0.273 e. The first-order valence-electron chi connectivity index (χ1n) is 5.53. The van der Waals surface area contributed by atoms with Crippen LogP contribution in [0.25, 0.3) is 0 Å². The Balaban J connectivity index is 2.05. The molecule has 0 atom stereocenters. The third-order valence-electron chi connectivity index (χ3n) is 2.46. The van der Waals surface area contributed by atoms with Crippen molar-refractivity contribution in [1.82, 2.24) is 4.72 Å². The van der Waals surface area contributed by atoms with Gasteiger partial charge in [0.2, 0.25) is 5.09 Å². The molecule has 0 aliphatic heterocycles. The van der Waals surface area contributed by atoms with Gasteiger partial charge in [-0.25, -0.2) is 13.1 Å². The largest absolute Gasteiger partial charge is 0.446 e. The Morgan fingerprint density at radius 2 is 2.05 bits per heavy atom. The Labute approximate surface area is 125 Å². The Morgan fingerprint density at radius 3 is 2.74 bits per heavy atom. The molecule has 1 aromatic carbocycles. The average Bonchev–Trinajstić information content (AvgIpc) is 2.86. The van der Waals surface area contributed by atoms with E-state index in [2.05, 4.69) is 32.6 Å². The molecule has 0 spiro atoms. The van der Waals surface area contributed by atoms with Crippen LogP contribution in [0.5, 0.6) is 0 Å².